The largest absolute Gasteiger partial charge is 0.481 e. The number of hydrogen-bond donors (Lipinski definition) is 1. The Hall–Kier alpha value is 0.132. The number of carboxylic acids is 1. The van der Waals surface area contributed by atoms with Gasteiger partial charge in [0.25, 0.3) is 5.97 Å². The number of carboxylic acid groups (broad SMARTS) is 1. The van der Waals surface area contributed by atoms with Crippen LogP contribution in [0.1, 0.15) is 6.92 Å². The fourth-order valence-corrected chi connectivity index (χ4v) is 0. The van der Waals surface area contributed by atoms with Crippen LogP contribution in [0.25, 0.3) is 0 Å². The molecule has 0 amide bonds. The van der Waals surface area contributed by atoms with E-state index in [1.54, 1.807) is 0 Å². The van der Waals surface area contributed by atoms with Crippen molar-refractivity contribution in [1.82, 2.24) is 0 Å². The second kappa shape index (κ2) is 4.13. The summed E-state index contributed by atoms with van der Waals surface area (Å²) in [7, 11) is 0. The Labute approximate surface area is 43.8 Å². The zero-order valence-corrected chi connectivity index (χ0v) is 4.23. The van der Waals surface area contributed by atoms with Gasteiger partial charge in [-0.1, -0.05) is 0 Å². The fourth-order valence-electron chi connectivity index (χ4n) is 0. The standard InChI is InChI=1S/C2H4O2.Pd/c1-2(3)4;/h1H3,(H,3,4);. The summed E-state index contributed by atoms with van der Waals surface area (Å²) in [5.74, 6) is -0.833. The Morgan fingerprint density at radius 3 is 1.80 bits per heavy atom. The van der Waals surface area contributed by atoms with Gasteiger partial charge in [0.05, 0.1) is 0 Å². The second-order valence-corrected chi connectivity index (χ2v) is 0.519. The summed E-state index contributed by atoms with van der Waals surface area (Å²) < 4.78 is 0. The third-order valence-electron chi connectivity index (χ3n) is 0. The molecule has 0 aromatic heterocycles. The van der Waals surface area contributed by atoms with Gasteiger partial charge < -0.3 is 5.11 Å². The molecule has 0 aromatic rings. The topological polar surface area (TPSA) is 37.3 Å². The molecule has 0 aromatic carbocycles. The molecule has 0 rings (SSSR count). The first-order valence-corrected chi connectivity index (χ1v) is 0.928. The Bertz CT molecular complexity index is 30.6. The molecule has 0 fully saturated rings. The van der Waals surface area contributed by atoms with E-state index in [1.165, 1.54) is 0 Å². The maximum absolute atomic E-state index is 9.00. The molecule has 0 heterocycles. The summed E-state index contributed by atoms with van der Waals surface area (Å²) in [4.78, 5) is 9.00. The molecule has 0 aliphatic rings. The van der Waals surface area contributed by atoms with Crippen LogP contribution >= 0.6 is 0 Å². The Morgan fingerprint density at radius 1 is 1.80 bits per heavy atom. The van der Waals surface area contributed by atoms with E-state index in [4.69, 9.17) is 9.90 Å². The first-order chi connectivity index (χ1) is 1.73. The molecule has 5 heavy (non-hydrogen) atoms. The number of carbonyl (C=O) groups is 1. The molecular weight excluding hydrogens is 162 g/mol. The van der Waals surface area contributed by atoms with E-state index in [0.717, 1.165) is 6.92 Å². The van der Waals surface area contributed by atoms with Crippen molar-refractivity contribution in [2.24, 2.45) is 0 Å². The minimum Gasteiger partial charge on any atom is -0.481 e. The van der Waals surface area contributed by atoms with E-state index >= 15 is 0 Å². The van der Waals surface area contributed by atoms with Crippen LogP contribution < -0.4 is 0 Å². The SMILES string of the molecule is CC(=O)O.[Pd]. The van der Waals surface area contributed by atoms with E-state index in [9.17, 15) is 0 Å². The molecule has 0 bridgehead atoms. The van der Waals surface area contributed by atoms with Crippen molar-refractivity contribution in [3.63, 3.8) is 0 Å². The number of rotatable bonds is 0. The molecule has 3 heteroatoms. The quantitative estimate of drug-likeness (QED) is 0.518. The van der Waals surface area contributed by atoms with Gasteiger partial charge in [0, 0.05) is 27.3 Å². The van der Waals surface area contributed by atoms with Crippen molar-refractivity contribution in [1.29, 1.82) is 0 Å². The zero-order valence-electron chi connectivity index (χ0n) is 2.67. The third kappa shape index (κ3) is 1070. The molecule has 0 aliphatic heterocycles. The molecule has 0 radical (unpaired) electrons. The van der Waals surface area contributed by atoms with Gasteiger partial charge in [-0.3, -0.25) is 4.79 Å². The van der Waals surface area contributed by atoms with Gasteiger partial charge in [-0.05, 0) is 0 Å². The van der Waals surface area contributed by atoms with Gasteiger partial charge in [-0.2, -0.15) is 0 Å². The summed E-state index contributed by atoms with van der Waals surface area (Å²) >= 11 is 0. The monoisotopic (exact) mass is 166 g/mol. The molecular formula is C2H4O2Pd. The van der Waals surface area contributed by atoms with E-state index < -0.39 is 5.97 Å². The van der Waals surface area contributed by atoms with E-state index in [-0.39, 0.29) is 20.4 Å². The third-order valence-corrected chi connectivity index (χ3v) is 0. The minimum absolute atomic E-state index is 0. The van der Waals surface area contributed by atoms with Crippen LogP contribution in [-0.4, -0.2) is 11.1 Å². The zero-order chi connectivity index (χ0) is 3.58. The summed E-state index contributed by atoms with van der Waals surface area (Å²) in [6.45, 7) is 1.08. The van der Waals surface area contributed by atoms with Crippen molar-refractivity contribution in [2.75, 3.05) is 0 Å². The normalized spacial score (nSPS) is 5.00. The van der Waals surface area contributed by atoms with Crippen LogP contribution in [0.15, 0.2) is 0 Å². The Morgan fingerprint density at radius 2 is 1.80 bits per heavy atom. The second-order valence-electron chi connectivity index (χ2n) is 0.519. The van der Waals surface area contributed by atoms with E-state index in [1.807, 2.05) is 0 Å². The summed E-state index contributed by atoms with van der Waals surface area (Å²) in [6, 6.07) is 0. The minimum atomic E-state index is -0.833. The number of hydrogen-bond acceptors (Lipinski definition) is 1. The summed E-state index contributed by atoms with van der Waals surface area (Å²) in [6.07, 6.45) is 0. The van der Waals surface area contributed by atoms with Crippen LogP contribution in [0.5, 0.6) is 0 Å². The maximum Gasteiger partial charge on any atom is 0.300 e. The average molecular weight is 166 g/mol. The van der Waals surface area contributed by atoms with Crippen LogP contribution in [0.4, 0.5) is 0 Å². The van der Waals surface area contributed by atoms with Crippen molar-refractivity contribution in [2.45, 2.75) is 6.92 Å². The van der Waals surface area contributed by atoms with Crippen molar-refractivity contribution in [3.05, 3.63) is 0 Å². The Balaban J connectivity index is 0. The van der Waals surface area contributed by atoms with Crippen LogP contribution in [0.3, 0.4) is 0 Å². The van der Waals surface area contributed by atoms with Gasteiger partial charge in [-0.25, -0.2) is 0 Å². The molecule has 0 spiro atoms. The van der Waals surface area contributed by atoms with Gasteiger partial charge >= 0.3 is 0 Å². The van der Waals surface area contributed by atoms with Crippen molar-refractivity contribution < 1.29 is 30.3 Å². The molecule has 0 aliphatic carbocycles. The van der Waals surface area contributed by atoms with E-state index in [2.05, 4.69) is 0 Å². The van der Waals surface area contributed by atoms with Crippen LogP contribution in [0, 0.1) is 0 Å². The predicted octanol–water partition coefficient (Wildman–Crippen LogP) is 0.0884. The van der Waals surface area contributed by atoms with Gasteiger partial charge in [-0.15, -0.1) is 0 Å². The van der Waals surface area contributed by atoms with Crippen LogP contribution in [-0.2, 0) is 25.2 Å². The first kappa shape index (κ1) is 8.93. The summed E-state index contributed by atoms with van der Waals surface area (Å²) in [5.41, 5.74) is 0. The molecule has 1 N–H and O–H groups in total. The van der Waals surface area contributed by atoms with Crippen molar-refractivity contribution in [3.8, 4) is 0 Å². The van der Waals surface area contributed by atoms with Crippen LogP contribution in [0.2, 0.25) is 0 Å². The predicted molar refractivity (Wildman–Crippen MR) is 13.3 cm³/mol. The molecule has 0 atom stereocenters. The van der Waals surface area contributed by atoms with E-state index in [0.29, 0.717) is 0 Å². The van der Waals surface area contributed by atoms with Gasteiger partial charge in [0.1, 0.15) is 0 Å². The smallest absolute Gasteiger partial charge is 0.300 e. The summed E-state index contributed by atoms with van der Waals surface area (Å²) in [5, 5.41) is 7.42. The molecule has 0 saturated carbocycles. The average Bonchev–Trinajstić information content (AvgIpc) is 0.811. The van der Waals surface area contributed by atoms with Crippen molar-refractivity contribution >= 4 is 5.97 Å². The molecule has 34 valence electrons. The molecule has 0 unspecified atom stereocenters. The first-order valence-electron chi connectivity index (χ1n) is 0.928. The molecule has 0 saturated heterocycles. The maximum atomic E-state index is 9.00. The Kier molecular flexibility index (Phi) is 7.38. The number of aliphatic carboxylic acids is 1. The molecule has 2 nitrogen and oxygen atoms in total. The fraction of sp³-hybridized carbons (Fsp3) is 0.500. The van der Waals surface area contributed by atoms with Gasteiger partial charge in [0.2, 0.25) is 0 Å². The van der Waals surface area contributed by atoms with Gasteiger partial charge in [0.15, 0.2) is 0 Å².